The Kier molecular flexibility index (Phi) is 1.98. The molecule has 0 saturated heterocycles. The van der Waals surface area contributed by atoms with E-state index in [-0.39, 0.29) is 11.1 Å². The van der Waals surface area contributed by atoms with Crippen molar-refractivity contribution in [2.75, 3.05) is 0 Å². The fourth-order valence-corrected chi connectivity index (χ4v) is 2.24. The van der Waals surface area contributed by atoms with Gasteiger partial charge in [0, 0.05) is 5.56 Å². The highest BCUT2D eigenvalue weighted by atomic mass is 16.6. The van der Waals surface area contributed by atoms with Gasteiger partial charge in [-0.2, -0.15) is 0 Å². The number of nitro groups is 1. The molecule has 0 aromatic heterocycles. The molecule has 0 N–H and O–H groups in total. The Morgan fingerprint density at radius 2 is 1.61 bits per heavy atom. The molecule has 5 nitrogen and oxygen atoms in total. The summed E-state index contributed by atoms with van der Waals surface area (Å²) in [4.78, 5) is 21.9. The number of carbonyl (C=O) groups is 1. The third kappa shape index (κ3) is 1.18. The van der Waals surface area contributed by atoms with Gasteiger partial charge in [0.05, 0.1) is 4.92 Å². The van der Waals surface area contributed by atoms with E-state index in [0.717, 1.165) is 5.39 Å². The van der Waals surface area contributed by atoms with E-state index in [9.17, 15) is 20.0 Å². The summed E-state index contributed by atoms with van der Waals surface area (Å²) in [7, 11) is 0. The second kappa shape index (κ2) is 3.40. The number of ketones is 1. The highest BCUT2D eigenvalue weighted by Gasteiger charge is 2.31. The molecule has 0 amide bonds. The van der Waals surface area contributed by atoms with Gasteiger partial charge in [0.15, 0.2) is 0 Å². The molecular formula is C13H6NO4-. The molecule has 0 radical (unpaired) electrons. The summed E-state index contributed by atoms with van der Waals surface area (Å²) in [5, 5.41) is 24.0. The molecule has 18 heavy (non-hydrogen) atoms. The number of nitrogens with zero attached hydrogens (tertiary/aromatic N) is 1. The van der Waals surface area contributed by atoms with Crippen LogP contribution in [0, 0.1) is 10.1 Å². The molecule has 0 spiro atoms. The lowest BCUT2D eigenvalue weighted by Gasteiger charge is -2.21. The predicted molar refractivity (Wildman–Crippen MR) is 62.2 cm³/mol. The minimum absolute atomic E-state index is 0.217. The maximum Gasteiger partial charge on any atom is 0.309 e. The molecule has 2 aromatic carbocycles. The van der Waals surface area contributed by atoms with Gasteiger partial charge in [0.2, 0.25) is 0 Å². The molecule has 1 aliphatic rings. The summed E-state index contributed by atoms with van der Waals surface area (Å²) in [5.74, 6) is -1.62. The standard InChI is InChI=1S/C13H7NO4/c15-12-8-5-1-3-7-4-2-6-9(10(7)8)13(16)11(12)14(17)18/h1-6,15H/p-1. The quantitative estimate of drug-likeness (QED) is 0.556. The average Bonchev–Trinajstić information content (AvgIpc) is 2.35. The number of hydrogen-bond acceptors (Lipinski definition) is 4. The minimum Gasteiger partial charge on any atom is -0.867 e. The van der Waals surface area contributed by atoms with Crippen LogP contribution in [0.5, 0.6) is 0 Å². The number of allylic oxidation sites excluding steroid dienone is 1. The van der Waals surface area contributed by atoms with E-state index in [1.807, 2.05) is 0 Å². The molecule has 0 heterocycles. The molecule has 2 aromatic rings. The number of benzene rings is 2. The molecule has 0 aliphatic heterocycles. The smallest absolute Gasteiger partial charge is 0.309 e. The van der Waals surface area contributed by atoms with Crippen LogP contribution < -0.4 is 5.11 Å². The van der Waals surface area contributed by atoms with Gasteiger partial charge in [0.25, 0.3) is 5.78 Å². The van der Waals surface area contributed by atoms with E-state index in [2.05, 4.69) is 0 Å². The summed E-state index contributed by atoms with van der Waals surface area (Å²) < 4.78 is 0. The van der Waals surface area contributed by atoms with Gasteiger partial charge in [-0.25, -0.2) is 0 Å². The van der Waals surface area contributed by atoms with Crippen molar-refractivity contribution < 1.29 is 14.8 Å². The van der Waals surface area contributed by atoms with E-state index < -0.39 is 22.2 Å². The lowest BCUT2D eigenvalue weighted by Crippen LogP contribution is -2.23. The van der Waals surface area contributed by atoms with Crippen LogP contribution in [-0.4, -0.2) is 10.7 Å². The van der Waals surface area contributed by atoms with Gasteiger partial charge in [0.1, 0.15) is 0 Å². The van der Waals surface area contributed by atoms with Crippen molar-refractivity contribution in [3.63, 3.8) is 0 Å². The lowest BCUT2D eigenvalue weighted by atomic mass is 9.89. The van der Waals surface area contributed by atoms with E-state index in [1.54, 1.807) is 24.3 Å². The highest BCUT2D eigenvalue weighted by molar-refractivity contribution is 6.22. The summed E-state index contributed by atoms with van der Waals surface area (Å²) >= 11 is 0. The lowest BCUT2D eigenvalue weighted by molar-refractivity contribution is -0.423. The molecule has 0 saturated carbocycles. The van der Waals surface area contributed by atoms with Gasteiger partial charge in [-0.3, -0.25) is 14.9 Å². The molecular weight excluding hydrogens is 234 g/mol. The van der Waals surface area contributed by atoms with E-state index in [1.165, 1.54) is 12.1 Å². The second-order valence-corrected chi connectivity index (χ2v) is 3.97. The Morgan fingerprint density at radius 1 is 1.00 bits per heavy atom. The summed E-state index contributed by atoms with van der Waals surface area (Å²) in [6.07, 6.45) is 0. The molecule has 0 fully saturated rings. The zero-order valence-corrected chi connectivity index (χ0v) is 9.04. The van der Waals surface area contributed by atoms with Crippen molar-refractivity contribution >= 4 is 22.3 Å². The highest BCUT2D eigenvalue weighted by Crippen LogP contribution is 2.33. The first kappa shape index (κ1) is 10.5. The van der Waals surface area contributed by atoms with Gasteiger partial charge >= 0.3 is 5.70 Å². The van der Waals surface area contributed by atoms with Crippen molar-refractivity contribution in [2.45, 2.75) is 0 Å². The minimum atomic E-state index is -0.903. The number of rotatable bonds is 1. The first-order valence-corrected chi connectivity index (χ1v) is 5.24. The van der Waals surface area contributed by atoms with Crippen LogP contribution in [0.4, 0.5) is 0 Å². The Balaban J connectivity index is 2.51. The Labute approximate surface area is 101 Å². The van der Waals surface area contributed by atoms with Gasteiger partial charge < -0.3 is 5.11 Å². The van der Waals surface area contributed by atoms with Crippen LogP contribution in [0.25, 0.3) is 16.5 Å². The van der Waals surface area contributed by atoms with E-state index >= 15 is 0 Å². The SMILES string of the molecule is O=C1C([N+](=O)[O-])=C([O-])c2cccc3cccc1c23. The van der Waals surface area contributed by atoms with Crippen LogP contribution in [0.15, 0.2) is 42.1 Å². The molecule has 88 valence electrons. The summed E-state index contributed by atoms with van der Waals surface area (Å²) in [6.45, 7) is 0. The molecule has 0 atom stereocenters. The molecule has 0 unspecified atom stereocenters. The monoisotopic (exact) mass is 240 g/mol. The van der Waals surface area contributed by atoms with Crippen molar-refractivity contribution in [1.82, 2.24) is 0 Å². The first-order valence-electron chi connectivity index (χ1n) is 5.24. The topological polar surface area (TPSA) is 83.3 Å². The largest absolute Gasteiger partial charge is 0.867 e. The number of carbonyl (C=O) groups excluding carboxylic acids is 1. The van der Waals surface area contributed by atoms with Crippen LogP contribution in [-0.2, 0) is 0 Å². The van der Waals surface area contributed by atoms with E-state index in [0.29, 0.717) is 5.39 Å². The van der Waals surface area contributed by atoms with Crippen LogP contribution in [0.2, 0.25) is 0 Å². The Hall–Kier alpha value is -2.69. The predicted octanol–water partition coefficient (Wildman–Crippen LogP) is 1.34. The fourth-order valence-electron chi connectivity index (χ4n) is 2.24. The number of hydrogen-bond donors (Lipinski definition) is 0. The molecule has 1 aliphatic carbocycles. The molecule has 3 rings (SSSR count). The van der Waals surface area contributed by atoms with Gasteiger partial charge in [-0.05, 0) is 22.1 Å². The van der Waals surface area contributed by atoms with Crippen LogP contribution in [0.1, 0.15) is 15.9 Å². The maximum absolute atomic E-state index is 12.0. The number of Topliss-reactive ketones (excluding diaryl/α,β-unsaturated/α-hetero) is 1. The first-order chi connectivity index (χ1) is 8.61. The zero-order valence-electron chi connectivity index (χ0n) is 9.04. The molecule has 5 heteroatoms. The Morgan fingerprint density at radius 3 is 2.22 bits per heavy atom. The van der Waals surface area contributed by atoms with Crippen molar-refractivity contribution in [3.05, 3.63) is 63.3 Å². The van der Waals surface area contributed by atoms with Gasteiger partial charge in [-0.1, -0.05) is 36.4 Å². The second-order valence-electron chi connectivity index (χ2n) is 3.97. The van der Waals surface area contributed by atoms with Crippen molar-refractivity contribution in [1.29, 1.82) is 0 Å². The fraction of sp³-hybridized carbons (Fsp3) is 0. The zero-order chi connectivity index (χ0) is 12.9. The van der Waals surface area contributed by atoms with E-state index in [4.69, 9.17) is 0 Å². The van der Waals surface area contributed by atoms with Gasteiger partial charge in [-0.15, -0.1) is 0 Å². The maximum atomic E-state index is 12.0. The van der Waals surface area contributed by atoms with Crippen molar-refractivity contribution in [3.8, 4) is 0 Å². The van der Waals surface area contributed by atoms with Crippen LogP contribution in [0.3, 0.4) is 0 Å². The van der Waals surface area contributed by atoms with Crippen molar-refractivity contribution in [2.24, 2.45) is 0 Å². The normalized spacial score (nSPS) is 14.1. The summed E-state index contributed by atoms with van der Waals surface area (Å²) in [6, 6.07) is 9.83. The summed E-state index contributed by atoms with van der Waals surface area (Å²) in [5.41, 5.74) is -0.440. The Bertz CT molecular complexity index is 740. The third-order valence-corrected chi connectivity index (χ3v) is 3.01. The average molecular weight is 240 g/mol. The third-order valence-electron chi connectivity index (χ3n) is 3.01. The molecule has 0 bridgehead atoms. The van der Waals surface area contributed by atoms with Crippen LogP contribution >= 0.6 is 0 Å².